The zero-order valence-corrected chi connectivity index (χ0v) is 11.8. The van der Waals surface area contributed by atoms with E-state index in [2.05, 4.69) is 10.1 Å². The average molecular weight is 285 g/mol. The number of nitrogens with zero attached hydrogens (tertiary/aromatic N) is 3. The quantitative estimate of drug-likeness (QED) is 0.797. The Morgan fingerprint density at radius 1 is 1.38 bits per heavy atom. The Kier molecular flexibility index (Phi) is 3.21. The summed E-state index contributed by atoms with van der Waals surface area (Å²) >= 11 is 0. The normalized spacial score (nSPS) is 11.4. The van der Waals surface area contributed by atoms with Gasteiger partial charge in [0.25, 0.3) is 0 Å². The molecule has 6 heteroatoms. The highest BCUT2D eigenvalue weighted by atomic mass is 16.5. The Bertz CT molecular complexity index is 801. The highest BCUT2D eigenvalue weighted by molar-refractivity contribution is 5.94. The molecule has 3 rings (SSSR count). The number of aromatic nitrogens is 3. The summed E-state index contributed by atoms with van der Waals surface area (Å²) in [6, 6.07) is 9.16. The maximum atomic E-state index is 11.4. The number of hydrogen-bond acceptors (Lipinski definition) is 4. The van der Waals surface area contributed by atoms with Gasteiger partial charge in [-0.15, -0.1) is 0 Å². The molecule has 0 spiro atoms. The number of rotatable bonds is 4. The summed E-state index contributed by atoms with van der Waals surface area (Å²) in [7, 11) is 0. The molecule has 0 atom stereocenters. The van der Waals surface area contributed by atoms with Gasteiger partial charge in [0.15, 0.2) is 5.82 Å². The summed E-state index contributed by atoms with van der Waals surface area (Å²) in [6.45, 7) is 4.19. The standard InChI is InChI=1S/C15H15N3O3/c1-9(2)14-16-13(21-17-14)8-18-11-6-4-3-5-10(11)7-12(18)15(19)20/h3-7,9H,8H2,1-2H3,(H,19,20). The molecule has 0 fully saturated rings. The highest BCUT2D eigenvalue weighted by Gasteiger charge is 2.17. The lowest BCUT2D eigenvalue weighted by Crippen LogP contribution is -2.09. The molecule has 0 radical (unpaired) electrons. The van der Waals surface area contributed by atoms with E-state index >= 15 is 0 Å². The Balaban J connectivity index is 2.05. The van der Waals surface area contributed by atoms with Crippen LogP contribution in [0.15, 0.2) is 34.9 Å². The largest absolute Gasteiger partial charge is 0.477 e. The van der Waals surface area contributed by atoms with E-state index in [1.54, 1.807) is 10.6 Å². The van der Waals surface area contributed by atoms with Crippen molar-refractivity contribution in [3.05, 3.63) is 47.7 Å². The van der Waals surface area contributed by atoms with Crippen molar-refractivity contribution in [1.29, 1.82) is 0 Å². The third-order valence-electron chi connectivity index (χ3n) is 3.32. The first-order valence-corrected chi connectivity index (χ1v) is 6.70. The molecule has 0 amide bonds. The molecule has 0 aliphatic rings. The zero-order valence-electron chi connectivity index (χ0n) is 11.8. The summed E-state index contributed by atoms with van der Waals surface area (Å²) in [5.74, 6) is 0.221. The van der Waals surface area contributed by atoms with Gasteiger partial charge in [0.1, 0.15) is 12.2 Å². The molecule has 0 aliphatic heterocycles. The molecule has 0 saturated heterocycles. The summed E-state index contributed by atoms with van der Waals surface area (Å²) in [5.41, 5.74) is 1.04. The minimum absolute atomic E-state index is 0.169. The van der Waals surface area contributed by atoms with E-state index in [9.17, 15) is 9.90 Å². The SMILES string of the molecule is CC(C)c1noc(Cn2c(C(=O)O)cc3ccccc32)n1. The number of fused-ring (bicyclic) bond motifs is 1. The molecule has 0 aliphatic carbocycles. The van der Waals surface area contributed by atoms with E-state index in [-0.39, 0.29) is 18.2 Å². The van der Waals surface area contributed by atoms with Gasteiger partial charge in [-0.05, 0) is 12.1 Å². The topological polar surface area (TPSA) is 81.2 Å². The Morgan fingerprint density at radius 2 is 2.14 bits per heavy atom. The van der Waals surface area contributed by atoms with Crippen molar-refractivity contribution in [2.45, 2.75) is 26.3 Å². The lowest BCUT2D eigenvalue weighted by Gasteiger charge is -2.04. The number of benzene rings is 1. The third-order valence-corrected chi connectivity index (χ3v) is 3.32. The maximum Gasteiger partial charge on any atom is 0.352 e. The van der Waals surface area contributed by atoms with Gasteiger partial charge >= 0.3 is 5.97 Å². The predicted molar refractivity (Wildman–Crippen MR) is 76.4 cm³/mol. The summed E-state index contributed by atoms with van der Waals surface area (Å²) < 4.78 is 6.88. The molecule has 0 bridgehead atoms. The summed E-state index contributed by atoms with van der Waals surface area (Å²) in [5, 5.41) is 14.1. The van der Waals surface area contributed by atoms with Crippen LogP contribution >= 0.6 is 0 Å². The molecule has 3 aromatic rings. The van der Waals surface area contributed by atoms with E-state index in [0.717, 1.165) is 10.9 Å². The maximum absolute atomic E-state index is 11.4. The monoisotopic (exact) mass is 285 g/mol. The number of carbonyl (C=O) groups is 1. The van der Waals surface area contributed by atoms with Crippen LogP contribution in [0.25, 0.3) is 10.9 Å². The van der Waals surface area contributed by atoms with Gasteiger partial charge in [0, 0.05) is 16.8 Å². The van der Waals surface area contributed by atoms with E-state index < -0.39 is 5.97 Å². The van der Waals surface area contributed by atoms with Gasteiger partial charge in [0.05, 0.1) is 0 Å². The van der Waals surface area contributed by atoms with Crippen LogP contribution in [0.3, 0.4) is 0 Å². The fourth-order valence-corrected chi connectivity index (χ4v) is 2.26. The third kappa shape index (κ3) is 2.40. The fraction of sp³-hybridized carbons (Fsp3) is 0.267. The predicted octanol–water partition coefficient (Wildman–Crippen LogP) is 2.89. The average Bonchev–Trinajstić information content (AvgIpc) is 3.05. The molecular weight excluding hydrogens is 270 g/mol. The molecule has 2 aromatic heterocycles. The highest BCUT2D eigenvalue weighted by Crippen LogP contribution is 2.21. The van der Waals surface area contributed by atoms with Crippen LogP contribution in [-0.2, 0) is 6.54 Å². The van der Waals surface area contributed by atoms with Crippen LogP contribution < -0.4 is 0 Å². The number of para-hydroxylation sites is 1. The lowest BCUT2D eigenvalue weighted by molar-refractivity contribution is 0.0686. The van der Waals surface area contributed by atoms with Crippen LogP contribution in [0, 0.1) is 0 Å². The van der Waals surface area contributed by atoms with Gasteiger partial charge in [-0.25, -0.2) is 4.79 Å². The second kappa shape index (κ2) is 5.05. The first-order valence-electron chi connectivity index (χ1n) is 6.70. The summed E-state index contributed by atoms with van der Waals surface area (Å²) in [4.78, 5) is 15.7. The molecule has 6 nitrogen and oxygen atoms in total. The molecule has 0 saturated carbocycles. The molecular formula is C15H15N3O3. The van der Waals surface area contributed by atoms with Crippen molar-refractivity contribution in [1.82, 2.24) is 14.7 Å². The number of hydrogen-bond donors (Lipinski definition) is 1. The molecule has 0 unspecified atom stereocenters. The van der Waals surface area contributed by atoms with E-state index in [1.165, 1.54) is 0 Å². The minimum Gasteiger partial charge on any atom is -0.477 e. The van der Waals surface area contributed by atoms with Crippen LogP contribution in [-0.4, -0.2) is 25.8 Å². The van der Waals surface area contributed by atoms with E-state index in [0.29, 0.717) is 11.7 Å². The minimum atomic E-state index is -0.977. The van der Waals surface area contributed by atoms with Crippen molar-refractivity contribution in [3.8, 4) is 0 Å². The molecule has 21 heavy (non-hydrogen) atoms. The van der Waals surface area contributed by atoms with Crippen molar-refractivity contribution in [3.63, 3.8) is 0 Å². The van der Waals surface area contributed by atoms with Gasteiger partial charge in [-0.1, -0.05) is 37.2 Å². The van der Waals surface area contributed by atoms with Crippen LogP contribution in [0.2, 0.25) is 0 Å². The first-order chi connectivity index (χ1) is 10.1. The Labute approximate surface area is 121 Å². The first kappa shape index (κ1) is 13.4. The van der Waals surface area contributed by atoms with Crippen LogP contribution in [0.4, 0.5) is 0 Å². The second-order valence-electron chi connectivity index (χ2n) is 5.18. The molecule has 108 valence electrons. The number of carboxylic acid groups (broad SMARTS) is 1. The molecule has 1 aromatic carbocycles. The van der Waals surface area contributed by atoms with Crippen LogP contribution in [0.1, 0.15) is 42.0 Å². The van der Waals surface area contributed by atoms with Crippen molar-refractivity contribution in [2.24, 2.45) is 0 Å². The van der Waals surface area contributed by atoms with Gasteiger partial charge in [-0.3, -0.25) is 0 Å². The van der Waals surface area contributed by atoms with E-state index in [4.69, 9.17) is 4.52 Å². The van der Waals surface area contributed by atoms with Gasteiger partial charge < -0.3 is 14.2 Å². The van der Waals surface area contributed by atoms with Crippen molar-refractivity contribution >= 4 is 16.9 Å². The van der Waals surface area contributed by atoms with E-state index in [1.807, 2.05) is 38.1 Å². The van der Waals surface area contributed by atoms with Crippen molar-refractivity contribution < 1.29 is 14.4 Å². The van der Waals surface area contributed by atoms with Crippen molar-refractivity contribution in [2.75, 3.05) is 0 Å². The van der Waals surface area contributed by atoms with Gasteiger partial charge in [-0.2, -0.15) is 4.98 Å². The summed E-state index contributed by atoms with van der Waals surface area (Å²) in [6.07, 6.45) is 0. The van der Waals surface area contributed by atoms with Crippen LogP contribution in [0.5, 0.6) is 0 Å². The Morgan fingerprint density at radius 3 is 2.81 bits per heavy atom. The zero-order chi connectivity index (χ0) is 15.0. The molecule has 2 heterocycles. The fourth-order valence-electron chi connectivity index (χ4n) is 2.26. The smallest absolute Gasteiger partial charge is 0.352 e. The number of carboxylic acids is 1. The second-order valence-corrected chi connectivity index (χ2v) is 5.18. The Hall–Kier alpha value is -2.63. The number of aromatic carboxylic acids is 1. The molecule has 1 N–H and O–H groups in total. The lowest BCUT2D eigenvalue weighted by atomic mass is 10.2. The van der Waals surface area contributed by atoms with Gasteiger partial charge in [0.2, 0.25) is 5.89 Å².